The molecule has 1 heterocycles. The van der Waals surface area contributed by atoms with Crippen molar-refractivity contribution in [2.75, 3.05) is 7.05 Å². The van der Waals surface area contributed by atoms with E-state index in [2.05, 4.69) is 4.31 Å². The Morgan fingerprint density at radius 1 is 1.05 bits per heavy atom. The first-order chi connectivity index (χ1) is 8.97. The molecule has 4 atom stereocenters. The van der Waals surface area contributed by atoms with Crippen LogP contribution < -0.4 is 5.32 Å². The first-order valence-corrected chi connectivity index (χ1v) is 11.5. The lowest BCUT2D eigenvalue weighted by molar-refractivity contribution is 0.233. The fourth-order valence-electron chi connectivity index (χ4n) is 1.88. The Bertz CT molecular complexity index is 635. The third-order valence-electron chi connectivity index (χ3n) is 3.39. The molecule has 1 aliphatic rings. The van der Waals surface area contributed by atoms with Crippen LogP contribution in [0.5, 0.6) is 0 Å². The Morgan fingerprint density at radius 3 is 1.76 bits per heavy atom. The molecule has 0 amide bonds. The van der Waals surface area contributed by atoms with Gasteiger partial charge in [-0.1, -0.05) is 0 Å². The van der Waals surface area contributed by atoms with E-state index in [-0.39, 0.29) is 0 Å². The van der Waals surface area contributed by atoms with Crippen molar-refractivity contribution in [3.8, 4) is 0 Å². The summed E-state index contributed by atoms with van der Waals surface area (Å²) in [6.45, 7) is 0.551. The second-order valence-corrected chi connectivity index (χ2v) is 13.8. The van der Waals surface area contributed by atoms with E-state index in [4.69, 9.17) is 0 Å². The first kappa shape index (κ1) is 19.6. The maximum Gasteiger partial charge on any atom is 0.367 e. The Kier molecular flexibility index (Phi) is 4.72. The van der Waals surface area contributed by atoms with Crippen LogP contribution in [0.15, 0.2) is 0 Å². The molecule has 126 valence electrons. The van der Waals surface area contributed by atoms with Gasteiger partial charge >= 0.3 is 30.4 Å². The molecule has 0 aromatic heterocycles. The quantitative estimate of drug-likeness (QED) is 0.311. The summed E-state index contributed by atoms with van der Waals surface area (Å²) in [6, 6.07) is 0. The highest BCUT2D eigenvalue weighted by Gasteiger charge is 2.76. The maximum absolute atomic E-state index is 12.0. The third kappa shape index (κ3) is 2.68. The van der Waals surface area contributed by atoms with Crippen LogP contribution in [0, 0.1) is 0 Å². The highest BCUT2D eigenvalue weighted by molar-refractivity contribution is 7.82. The molecule has 0 spiro atoms. The highest BCUT2D eigenvalue weighted by Crippen LogP contribution is 2.88. The van der Waals surface area contributed by atoms with Gasteiger partial charge in [-0.25, -0.2) is 4.31 Å². The van der Waals surface area contributed by atoms with Crippen LogP contribution in [0.25, 0.3) is 0 Å². The van der Waals surface area contributed by atoms with Gasteiger partial charge in [-0.3, -0.25) is 23.6 Å². The predicted molar refractivity (Wildman–Crippen MR) is 69.6 cm³/mol. The van der Waals surface area contributed by atoms with Crippen molar-refractivity contribution in [2.45, 2.75) is 23.3 Å². The number of nitrogens with one attached hydrogen (secondary N) is 1. The Hall–Kier alpha value is 0.600. The van der Waals surface area contributed by atoms with Crippen LogP contribution in [-0.4, -0.2) is 46.3 Å². The van der Waals surface area contributed by atoms with Crippen LogP contribution >= 0.6 is 30.4 Å². The summed E-state index contributed by atoms with van der Waals surface area (Å²) in [4.78, 5) is 53.4. The van der Waals surface area contributed by atoms with Crippen LogP contribution in [0.3, 0.4) is 0 Å². The molecule has 4 unspecified atom stereocenters. The number of hydrogen-bond donors (Lipinski definition) is 7. The molecule has 0 bridgehead atoms. The van der Waals surface area contributed by atoms with Gasteiger partial charge in [0.2, 0.25) is 5.02 Å². The van der Waals surface area contributed by atoms with Gasteiger partial charge in [0.1, 0.15) is 0 Å². The van der Waals surface area contributed by atoms with E-state index < -0.39 is 46.7 Å². The van der Waals surface area contributed by atoms with E-state index in [0.29, 0.717) is 6.92 Å². The SMILES string of the molecule is CNC1(P(=O)(O)O)CC(C)(P(=O)(O)O)P(=O)(O)OP1(=O)O. The fourth-order valence-corrected chi connectivity index (χ4v) is 10.6. The molecular formula is C5H15NO11P4. The van der Waals surface area contributed by atoms with Crippen molar-refractivity contribution in [3.63, 3.8) is 0 Å². The van der Waals surface area contributed by atoms with Crippen molar-refractivity contribution in [1.29, 1.82) is 0 Å². The van der Waals surface area contributed by atoms with Gasteiger partial charge in [-0.05, 0) is 14.0 Å². The van der Waals surface area contributed by atoms with Crippen molar-refractivity contribution in [1.82, 2.24) is 5.32 Å². The summed E-state index contributed by atoms with van der Waals surface area (Å²) in [5.74, 6) is 0. The summed E-state index contributed by atoms with van der Waals surface area (Å²) in [5, 5.41) is -1.28. The normalized spacial score (nSPS) is 45.5. The van der Waals surface area contributed by atoms with E-state index in [1.165, 1.54) is 0 Å². The molecule has 0 saturated carbocycles. The molecule has 0 aliphatic carbocycles. The summed E-state index contributed by atoms with van der Waals surface area (Å²) in [5.41, 5.74) is 0. The molecule has 1 fully saturated rings. The molecule has 1 aliphatic heterocycles. The average molecular weight is 389 g/mol. The van der Waals surface area contributed by atoms with Gasteiger partial charge in [0.25, 0.3) is 0 Å². The molecule has 21 heavy (non-hydrogen) atoms. The molecule has 12 nitrogen and oxygen atoms in total. The zero-order valence-electron chi connectivity index (χ0n) is 10.7. The van der Waals surface area contributed by atoms with Gasteiger partial charge in [0, 0.05) is 6.42 Å². The van der Waals surface area contributed by atoms with Gasteiger partial charge < -0.3 is 29.4 Å². The minimum absolute atomic E-state index is 0.551. The van der Waals surface area contributed by atoms with Gasteiger partial charge in [-0.2, -0.15) is 0 Å². The smallest absolute Gasteiger partial charge is 0.324 e. The van der Waals surface area contributed by atoms with Gasteiger partial charge in [0.05, 0.1) is 0 Å². The molecule has 0 radical (unpaired) electrons. The average Bonchev–Trinajstić information content (AvgIpc) is 2.18. The topological polar surface area (TPSA) is 211 Å². The molecule has 0 aromatic rings. The minimum atomic E-state index is -5.52. The molecule has 7 N–H and O–H groups in total. The lowest BCUT2D eigenvalue weighted by atomic mass is 10.3. The zero-order valence-corrected chi connectivity index (χ0v) is 14.3. The van der Waals surface area contributed by atoms with Crippen molar-refractivity contribution in [2.24, 2.45) is 0 Å². The van der Waals surface area contributed by atoms with Crippen LogP contribution in [0.1, 0.15) is 13.3 Å². The number of rotatable bonds is 3. The second-order valence-electron chi connectivity index (χ2n) is 4.67. The Balaban J connectivity index is 3.74. The van der Waals surface area contributed by atoms with E-state index >= 15 is 0 Å². The maximum atomic E-state index is 12.0. The van der Waals surface area contributed by atoms with E-state index in [0.717, 1.165) is 7.05 Å². The predicted octanol–water partition coefficient (Wildman–Crippen LogP) is -0.278. The lowest BCUT2D eigenvalue weighted by Gasteiger charge is -2.48. The lowest BCUT2D eigenvalue weighted by Crippen LogP contribution is -2.51. The highest BCUT2D eigenvalue weighted by atomic mass is 31.3. The van der Waals surface area contributed by atoms with Crippen LogP contribution in [0.4, 0.5) is 0 Å². The Morgan fingerprint density at radius 2 is 1.48 bits per heavy atom. The minimum Gasteiger partial charge on any atom is -0.324 e. The van der Waals surface area contributed by atoms with E-state index in [1.807, 2.05) is 5.32 Å². The van der Waals surface area contributed by atoms with Crippen molar-refractivity contribution < 1.29 is 51.9 Å². The summed E-state index contributed by atoms with van der Waals surface area (Å²) >= 11 is 0. The summed E-state index contributed by atoms with van der Waals surface area (Å²) < 4.78 is 51.0. The van der Waals surface area contributed by atoms with Crippen molar-refractivity contribution in [3.05, 3.63) is 0 Å². The monoisotopic (exact) mass is 389 g/mol. The second kappa shape index (κ2) is 5.05. The van der Waals surface area contributed by atoms with Gasteiger partial charge in [0.15, 0.2) is 4.90 Å². The van der Waals surface area contributed by atoms with E-state index in [9.17, 15) is 47.6 Å². The van der Waals surface area contributed by atoms with Gasteiger partial charge in [-0.15, -0.1) is 0 Å². The molecule has 1 saturated heterocycles. The third-order valence-corrected chi connectivity index (χ3v) is 13.7. The van der Waals surface area contributed by atoms with E-state index in [1.54, 1.807) is 0 Å². The molecule has 16 heteroatoms. The summed E-state index contributed by atoms with van der Waals surface area (Å²) in [6.07, 6.45) is -1.45. The van der Waals surface area contributed by atoms with Crippen LogP contribution in [0.2, 0.25) is 0 Å². The zero-order chi connectivity index (χ0) is 17.1. The molecule has 0 aromatic carbocycles. The van der Waals surface area contributed by atoms with Crippen molar-refractivity contribution >= 4 is 30.4 Å². The largest absolute Gasteiger partial charge is 0.367 e. The standard InChI is InChI=1S/C5H15NO11P4/c1-4(18(7,8)9)3-5(6-2,19(10,11)12)21(15,16)17-20(4,13)14/h6H,3H2,1-2H3,(H,13,14)(H,15,16)(H2,7,8,9)(H2,10,11,12). The Labute approximate surface area is 118 Å². The van der Waals surface area contributed by atoms with Crippen LogP contribution in [-0.2, 0) is 22.6 Å². The fraction of sp³-hybridized carbons (Fsp3) is 1.00. The number of hydrogen-bond acceptors (Lipinski definition) is 6. The summed E-state index contributed by atoms with van der Waals surface area (Å²) in [7, 11) is -21.0. The first-order valence-electron chi connectivity index (χ1n) is 5.15. The molecule has 1 rings (SSSR count). The molecular weight excluding hydrogens is 374 g/mol.